The monoisotopic (exact) mass is 426 g/mol. The summed E-state index contributed by atoms with van der Waals surface area (Å²) in [6.45, 7) is 6.87. The van der Waals surface area contributed by atoms with Gasteiger partial charge in [0.2, 0.25) is 0 Å². The van der Waals surface area contributed by atoms with Crippen LogP contribution in [0.5, 0.6) is 5.75 Å². The summed E-state index contributed by atoms with van der Waals surface area (Å²) in [5, 5.41) is 8.41. The molecule has 1 N–H and O–H groups in total. The lowest BCUT2D eigenvalue weighted by atomic mass is 9.90. The predicted octanol–water partition coefficient (Wildman–Crippen LogP) is 2.91. The Balaban J connectivity index is 1.52. The molecule has 0 saturated carbocycles. The van der Waals surface area contributed by atoms with E-state index in [4.69, 9.17) is 9.84 Å². The Labute approximate surface area is 182 Å². The summed E-state index contributed by atoms with van der Waals surface area (Å²) in [6.07, 6.45) is 4.62. The zero-order chi connectivity index (χ0) is 20.9. The third kappa shape index (κ3) is 4.42. The first-order valence-electron chi connectivity index (χ1n) is 10.6. The zero-order valence-corrected chi connectivity index (χ0v) is 18.4. The van der Waals surface area contributed by atoms with Crippen LogP contribution in [0.15, 0.2) is 36.9 Å². The highest BCUT2D eigenvalue weighted by Gasteiger charge is 2.31. The third-order valence-corrected chi connectivity index (χ3v) is 6.87. The van der Waals surface area contributed by atoms with Crippen LogP contribution in [0.1, 0.15) is 33.7 Å². The minimum Gasteiger partial charge on any atom is -0.496 e. The molecule has 1 aromatic carbocycles. The molecule has 1 aliphatic heterocycles. The van der Waals surface area contributed by atoms with Crippen LogP contribution in [0.4, 0.5) is 0 Å². The molecule has 1 aromatic heterocycles. The van der Waals surface area contributed by atoms with Crippen molar-refractivity contribution in [2.24, 2.45) is 0 Å². The minimum atomic E-state index is 0.0831. The Morgan fingerprint density at radius 2 is 2.17 bits per heavy atom. The summed E-state index contributed by atoms with van der Waals surface area (Å²) < 4.78 is 7.45. The van der Waals surface area contributed by atoms with Crippen LogP contribution in [0, 0.1) is 0 Å². The molecule has 6 nitrogen and oxygen atoms in total. The van der Waals surface area contributed by atoms with Gasteiger partial charge in [0.15, 0.2) is 5.69 Å². The second kappa shape index (κ2) is 9.71. The maximum Gasteiger partial charge on any atom is 0.274 e. The molecule has 160 valence electrons. The van der Waals surface area contributed by atoms with Gasteiger partial charge < -0.3 is 15.0 Å². The number of allylic oxidation sites excluding steroid dienone is 1. The number of carbonyl (C=O) groups excluding carboxylic acids is 1. The van der Waals surface area contributed by atoms with Gasteiger partial charge in [-0.1, -0.05) is 24.3 Å². The number of fused-ring (bicyclic) bond motifs is 1. The predicted molar refractivity (Wildman–Crippen MR) is 121 cm³/mol. The number of ether oxygens (including phenoxy) is 1. The average Bonchev–Trinajstić information content (AvgIpc) is 3.16. The van der Waals surface area contributed by atoms with E-state index in [9.17, 15) is 4.79 Å². The van der Waals surface area contributed by atoms with Crippen molar-refractivity contribution in [3.05, 3.63) is 59.4 Å². The molecule has 0 spiro atoms. The summed E-state index contributed by atoms with van der Waals surface area (Å²) in [5.74, 6) is 2.99. The zero-order valence-electron chi connectivity index (χ0n) is 17.6. The third-order valence-electron chi connectivity index (χ3n) is 5.92. The standard InChI is InChI=1S/C23H30N4O2S/c1-3-10-27-20-9-8-18(24-16-17-6-4-5-7-21(17)29-2)15-19(20)22(25-27)23(28)26-11-13-30-14-12-26/h3-7,18,24H,1,8-16H2,2H3/t18-/m0/s1. The summed E-state index contributed by atoms with van der Waals surface area (Å²) >= 11 is 1.91. The number of thioether (sulfide) groups is 1. The van der Waals surface area contributed by atoms with Crippen molar-refractivity contribution in [3.8, 4) is 5.75 Å². The van der Waals surface area contributed by atoms with Gasteiger partial charge in [-0.25, -0.2) is 0 Å². The summed E-state index contributed by atoms with van der Waals surface area (Å²) in [7, 11) is 1.71. The first-order valence-corrected chi connectivity index (χ1v) is 11.8. The van der Waals surface area contributed by atoms with E-state index in [0.29, 0.717) is 18.3 Å². The highest BCUT2D eigenvalue weighted by molar-refractivity contribution is 7.99. The molecule has 1 aliphatic carbocycles. The van der Waals surface area contributed by atoms with Crippen LogP contribution >= 0.6 is 11.8 Å². The van der Waals surface area contributed by atoms with Crippen molar-refractivity contribution in [1.82, 2.24) is 20.0 Å². The van der Waals surface area contributed by atoms with Crippen LogP contribution in [-0.2, 0) is 25.9 Å². The van der Waals surface area contributed by atoms with Crippen LogP contribution in [0.25, 0.3) is 0 Å². The number of aromatic nitrogens is 2. The average molecular weight is 427 g/mol. The topological polar surface area (TPSA) is 59.4 Å². The number of rotatable bonds is 7. The molecule has 0 bridgehead atoms. The van der Waals surface area contributed by atoms with Gasteiger partial charge in [-0.05, 0) is 25.3 Å². The molecule has 1 fully saturated rings. The normalized spacial score (nSPS) is 18.7. The number of nitrogens with one attached hydrogen (secondary N) is 1. The van der Waals surface area contributed by atoms with Gasteiger partial charge in [0.25, 0.3) is 5.91 Å². The highest BCUT2D eigenvalue weighted by Crippen LogP contribution is 2.27. The van der Waals surface area contributed by atoms with E-state index >= 15 is 0 Å². The minimum absolute atomic E-state index is 0.0831. The van der Waals surface area contributed by atoms with Gasteiger partial charge in [-0.2, -0.15) is 16.9 Å². The summed E-state index contributed by atoms with van der Waals surface area (Å²) in [6, 6.07) is 8.41. The Morgan fingerprint density at radius 1 is 1.37 bits per heavy atom. The molecular formula is C23H30N4O2S. The Morgan fingerprint density at radius 3 is 2.93 bits per heavy atom. The Kier molecular flexibility index (Phi) is 6.79. The van der Waals surface area contributed by atoms with Gasteiger partial charge in [0.1, 0.15) is 5.75 Å². The van der Waals surface area contributed by atoms with Crippen molar-refractivity contribution in [3.63, 3.8) is 0 Å². The van der Waals surface area contributed by atoms with E-state index in [2.05, 4.69) is 18.0 Å². The van der Waals surface area contributed by atoms with Crippen molar-refractivity contribution < 1.29 is 9.53 Å². The molecule has 2 aromatic rings. The number of hydrogen-bond acceptors (Lipinski definition) is 5. The number of nitrogens with zero attached hydrogens (tertiary/aromatic N) is 3. The molecule has 1 amide bonds. The van der Waals surface area contributed by atoms with Gasteiger partial charge in [-0.3, -0.25) is 9.48 Å². The SMILES string of the molecule is C=CCn1nc(C(=O)N2CCSCC2)c2c1CC[C@H](NCc1ccccc1OC)C2. The number of para-hydroxylation sites is 1. The van der Waals surface area contributed by atoms with Crippen molar-refractivity contribution in [2.75, 3.05) is 31.7 Å². The Hall–Kier alpha value is -2.25. The molecule has 2 aliphatic rings. The fraction of sp³-hybridized carbons (Fsp3) is 0.478. The van der Waals surface area contributed by atoms with E-state index in [-0.39, 0.29) is 5.91 Å². The molecule has 0 radical (unpaired) electrons. The van der Waals surface area contributed by atoms with Crippen LogP contribution in [-0.4, -0.2) is 58.3 Å². The molecule has 2 heterocycles. The van der Waals surface area contributed by atoms with Crippen molar-refractivity contribution >= 4 is 17.7 Å². The van der Waals surface area contributed by atoms with Crippen LogP contribution < -0.4 is 10.1 Å². The van der Waals surface area contributed by atoms with E-state index in [1.807, 2.05) is 45.6 Å². The number of amides is 1. The van der Waals surface area contributed by atoms with Gasteiger partial charge in [0, 0.05) is 54.0 Å². The molecule has 1 saturated heterocycles. The molecule has 1 atom stereocenters. The number of benzene rings is 1. The number of methoxy groups -OCH3 is 1. The lowest BCUT2D eigenvalue weighted by Gasteiger charge is -2.27. The second-order valence-corrected chi connectivity index (χ2v) is 9.01. The molecule has 4 rings (SSSR count). The van der Waals surface area contributed by atoms with E-state index < -0.39 is 0 Å². The maximum atomic E-state index is 13.2. The van der Waals surface area contributed by atoms with E-state index in [1.54, 1.807) is 7.11 Å². The first kappa shape index (κ1) is 21.0. The second-order valence-electron chi connectivity index (χ2n) is 7.78. The van der Waals surface area contributed by atoms with Crippen molar-refractivity contribution in [2.45, 2.75) is 38.4 Å². The molecule has 30 heavy (non-hydrogen) atoms. The van der Waals surface area contributed by atoms with E-state index in [0.717, 1.165) is 67.3 Å². The fourth-order valence-corrected chi connectivity index (χ4v) is 5.23. The van der Waals surface area contributed by atoms with Crippen LogP contribution in [0.3, 0.4) is 0 Å². The number of hydrogen-bond donors (Lipinski definition) is 1. The van der Waals surface area contributed by atoms with Crippen molar-refractivity contribution in [1.29, 1.82) is 0 Å². The smallest absolute Gasteiger partial charge is 0.274 e. The summed E-state index contributed by atoms with van der Waals surface area (Å²) in [5.41, 5.74) is 4.10. The fourth-order valence-electron chi connectivity index (χ4n) is 4.33. The quantitative estimate of drug-likeness (QED) is 0.690. The Bertz CT molecular complexity index is 905. The lowest BCUT2D eigenvalue weighted by molar-refractivity contribution is 0.0764. The van der Waals surface area contributed by atoms with Gasteiger partial charge in [0.05, 0.1) is 13.7 Å². The first-order chi connectivity index (χ1) is 14.7. The molecule has 7 heteroatoms. The summed E-state index contributed by atoms with van der Waals surface area (Å²) in [4.78, 5) is 15.2. The lowest BCUT2D eigenvalue weighted by Crippen LogP contribution is -2.39. The molecular weight excluding hydrogens is 396 g/mol. The number of carbonyl (C=O) groups is 1. The highest BCUT2D eigenvalue weighted by atomic mass is 32.2. The largest absolute Gasteiger partial charge is 0.496 e. The van der Waals surface area contributed by atoms with Gasteiger partial charge >= 0.3 is 0 Å². The molecule has 0 unspecified atom stereocenters. The van der Waals surface area contributed by atoms with E-state index in [1.165, 1.54) is 5.69 Å². The maximum absolute atomic E-state index is 13.2. The van der Waals surface area contributed by atoms with Gasteiger partial charge in [-0.15, -0.1) is 6.58 Å². The van der Waals surface area contributed by atoms with Crippen LogP contribution in [0.2, 0.25) is 0 Å².